The number of hydrogen-bond acceptors (Lipinski definition) is 3. The molecule has 0 bridgehead atoms. The lowest BCUT2D eigenvalue weighted by Crippen LogP contribution is -2.43. The fourth-order valence-corrected chi connectivity index (χ4v) is 3.13. The van der Waals surface area contributed by atoms with E-state index in [-0.39, 0.29) is 11.9 Å². The summed E-state index contributed by atoms with van der Waals surface area (Å²) >= 11 is 9.36. The third-order valence-electron chi connectivity index (χ3n) is 3.10. The standard InChI is InChI=1S/C13H16BrClN2O2/c1-19-12-9(14)6-8(15)7-11(12)17-13(18)10-4-2-3-5-16-10/h6-7,10,16H,2-5H2,1H3,(H,17,18)/t10-/m1/s1. The summed E-state index contributed by atoms with van der Waals surface area (Å²) < 4.78 is 6.00. The first kappa shape index (κ1) is 14.6. The highest BCUT2D eigenvalue weighted by Gasteiger charge is 2.22. The number of carbonyl (C=O) groups excluding carboxylic acids is 1. The zero-order valence-corrected chi connectivity index (χ0v) is 13.0. The number of nitrogens with one attached hydrogen (secondary N) is 2. The van der Waals surface area contributed by atoms with Crippen LogP contribution in [0.1, 0.15) is 19.3 Å². The lowest BCUT2D eigenvalue weighted by molar-refractivity contribution is -0.118. The van der Waals surface area contributed by atoms with E-state index in [2.05, 4.69) is 26.6 Å². The third kappa shape index (κ3) is 3.61. The quantitative estimate of drug-likeness (QED) is 0.883. The summed E-state index contributed by atoms with van der Waals surface area (Å²) in [5.41, 5.74) is 0.583. The van der Waals surface area contributed by atoms with Crippen molar-refractivity contribution in [2.45, 2.75) is 25.3 Å². The average Bonchev–Trinajstić information content (AvgIpc) is 2.39. The molecule has 6 heteroatoms. The smallest absolute Gasteiger partial charge is 0.241 e. The Morgan fingerprint density at radius 3 is 2.95 bits per heavy atom. The number of rotatable bonds is 3. The summed E-state index contributed by atoms with van der Waals surface area (Å²) in [5.74, 6) is 0.528. The molecular weight excluding hydrogens is 332 g/mol. The maximum Gasteiger partial charge on any atom is 0.241 e. The Kier molecular flexibility index (Phi) is 5.07. The molecule has 1 atom stereocenters. The van der Waals surface area contributed by atoms with E-state index in [0.717, 1.165) is 30.3 Å². The van der Waals surface area contributed by atoms with Crippen LogP contribution >= 0.6 is 27.5 Å². The molecule has 0 saturated carbocycles. The Bertz CT molecular complexity index is 476. The Labute approximate surface area is 126 Å². The lowest BCUT2D eigenvalue weighted by atomic mass is 10.0. The second kappa shape index (κ2) is 6.59. The predicted molar refractivity (Wildman–Crippen MR) is 80.0 cm³/mol. The number of amides is 1. The number of carbonyl (C=O) groups is 1. The van der Waals surface area contributed by atoms with E-state index < -0.39 is 0 Å². The molecule has 1 amide bonds. The highest BCUT2D eigenvalue weighted by molar-refractivity contribution is 9.10. The van der Waals surface area contributed by atoms with Gasteiger partial charge in [0, 0.05) is 5.02 Å². The van der Waals surface area contributed by atoms with Gasteiger partial charge in [-0.1, -0.05) is 18.0 Å². The SMILES string of the molecule is COc1c(Br)cc(Cl)cc1NC(=O)[C@H]1CCCCN1. The molecular formula is C13H16BrClN2O2. The number of benzene rings is 1. The molecule has 0 unspecified atom stereocenters. The molecule has 1 aliphatic rings. The Balaban J connectivity index is 2.15. The maximum absolute atomic E-state index is 12.2. The molecule has 0 radical (unpaired) electrons. The van der Waals surface area contributed by atoms with Crippen LogP contribution in [0, 0.1) is 0 Å². The fraction of sp³-hybridized carbons (Fsp3) is 0.462. The fourth-order valence-electron chi connectivity index (χ4n) is 2.16. The number of piperidine rings is 1. The normalized spacial score (nSPS) is 19.0. The first-order valence-electron chi connectivity index (χ1n) is 6.19. The molecule has 1 heterocycles. The van der Waals surface area contributed by atoms with Crippen molar-refractivity contribution in [3.8, 4) is 5.75 Å². The van der Waals surface area contributed by atoms with Crippen molar-refractivity contribution in [1.82, 2.24) is 5.32 Å². The van der Waals surface area contributed by atoms with Gasteiger partial charge in [-0.05, 0) is 47.4 Å². The van der Waals surface area contributed by atoms with Gasteiger partial charge >= 0.3 is 0 Å². The van der Waals surface area contributed by atoms with E-state index in [1.807, 2.05) is 0 Å². The van der Waals surface area contributed by atoms with Gasteiger partial charge in [0.2, 0.25) is 5.91 Å². The largest absolute Gasteiger partial charge is 0.493 e. The van der Waals surface area contributed by atoms with Crippen molar-refractivity contribution in [1.29, 1.82) is 0 Å². The molecule has 2 N–H and O–H groups in total. The molecule has 1 fully saturated rings. The highest BCUT2D eigenvalue weighted by Crippen LogP contribution is 2.36. The number of methoxy groups -OCH3 is 1. The molecule has 4 nitrogen and oxygen atoms in total. The first-order valence-corrected chi connectivity index (χ1v) is 7.36. The number of anilines is 1. The Morgan fingerprint density at radius 2 is 2.32 bits per heavy atom. The van der Waals surface area contributed by atoms with Crippen molar-refractivity contribution in [3.05, 3.63) is 21.6 Å². The molecule has 1 aromatic rings. The van der Waals surface area contributed by atoms with Gasteiger partial charge in [0.15, 0.2) is 5.75 Å². The van der Waals surface area contributed by atoms with Crippen LogP contribution in [0.4, 0.5) is 5.69 Å². The van der Waals surface area contributed by atoms with Crippen LogP contribution in [-0.4, -0.2) is 25.6 Å². The molecule has 0 aromatic heterocycles. The zero-order chi connectivity index (χ0) is 13.8. The van der Waals surface area contributed by atoms with E-state index in [0.29, 0.717) is 16.5 Å². The van der Waals surface area contributed by atoms with Crippen LogP contribution in [-0.2, 0) is 4.79 Å². The minimum atomic E-state index is -0.142. The number of halogens is 2. The summed E-state index contributed by atoms with van der Waals surface area (Å²) in [7, 11) is 1.56. The van der Waals surface area contributed by atoms with E-state index in [1.54, 1.807) is 19.2 Å². The minimum Gasteiger partial charge on any atom is -0.493 e. The van der Waals surface area contributed by atoms with Crippen LogP contribution in [0.25, 0.3) is 0 Å². The molecule has 1 saturated heterocycles. The number of ether oxygens (including phenoxy) is 1. The van der Waals surface area contributed by atoms with E-state index in [9.17, 15) is 4.79 Å². The van der Waals surface area contributed by atoms with Gasteiger partial charge in [0.05, 0.1) is 23.3 Å². The van der Waals surface area contributed by atoms with E-state index in [1.165, 1.54) is 0 Å². The van der Waals surface area contributed by atoms with Gasteiger partial charge in [-0.25, -0.2) is 0 Å². The lowest BCUT2D eigenvalue weighted by Gasteiger charge is -2.23. The van der Waals surface area contributed by atoms with Crippen molar-refractivity contribution in [2.24, 2.45) is 0 Å². The van der Waals surface area contributed by atoms with Crippen molar-refractivity contribution >= 4 is 39.1 Å². The highest BCUT2D eigenvalue weighted by atomic mass is 79.9. The van der Waals surface area contributed by atoms with Crippen molar-refractivity contribution in [3.63, 3.8) is 0 Å². The summed E-state index contributed by atoms with van der Waals surface area (Å²) in [5, 5.41) is 6.62. The molecule has 2 rings (SSSR count). The van der Waals surface area contributed by atoms with E-state index in [4.69, 9.17) is 16.3 Å². The topological polar surface area (TPSA) is 50.4 Å². The minimum absolute atomic E-state index is 0.0489. The van der Waals surface area contributed by atoms with Gasteiger partial charge in [0.1, 0.15) is 0 Å². The second-order valence-electron chi connectivity index (χ2n) is 4.46. The summed E-state index contributed by atoms with van der Waals surface area (Å²) in [6, 6.07) is 3.28. The number of hydrogen-bond donors (Lipinski definition) is 2. The Morgan fingerprint density at radius 1 is 1.53 bits per heavy atom. The maximum atomic E-state index is 12.2. The van der Waals surface area contributed by atoms with Crippen LogP contribution in [0.5, 0.6) is 5.75 Å². The second-order valence-corrected chi connectivity index (χ2v) is 5.75. The van der Waals surface area contributed by atoms with Crippen LogP contribution < -0.4 is 15.4 Å². The summed E-state index contributed by atoms with van der Waals surface area (Å²) in [6.45, 7) is 0.883. The molecule has 1 aliphatic heterocycles. The molecule has 0 aliphatic carbocycles. The third-order valence-corrected chi connectivity index (χ3v) is 3.90. The van der Waals surface area contributed by atoms with Gasteiger partial charge in [0.25, 0.3) is 0 Å². The van der Waals surface area contributed by atoms with Gasteiger partial charge in [-0.3, -0.25) is 4.79 Å². The van der Waals surface area contributed by atoms with Crippen LogP contribution in [0.2, 0.25) is 5.02 Å². The van der Waals surface area contributed by atoms with E-state index >= 15 is 0 Å². The molecule has 104 valence electrons. The van der Waals surface area contributed by atoms with Gasteiger partial charge in [-0.2, -0.15) is 0 Å². The van der Waals surface area contributed by atoms with Gasteiger partial charge in [-0.15, -0.1) is 0 Å². The van der Waals surface area contributed by atoms with Gasteiger partial charge < -0.3 is 15.4 Å². The molecule has 19 heavy (non-hydrogen) atoms. The predicted octanol–water partition coefficient (Wildman–Crippen LogP) is 3.19. The zero-order valence-electron chi connectivity index (χ0n) is 10.6. The van der Waals surface area contributed by atoms with Crippen LogP contribution in [0.3, 0.4) is 0 Å². The molecule has 1 aromatic carbocycles. The van der Waals surface area contributed by atoms with Crippen LogP contribution in [0.15, 0.2) is 16.6 Å². The molecule has 0 spiro atoms. The summed E-state index contributed by atoms with van der Waals surface area (Å²) in [4.78, 5) is 12.2. The Hall–Kier alpha value is -0.780. The van der Waals surface area contributed by atoms with Crippen molar-refractivity contribution < 1.29 is 9.53 Å². The monoisotopic (exact) mass is 346 g/mol. The average molecular weight is 348 g/mol. The first-order chi connectivity index (χ1) is 9.11. The summed E-state index contributed by atoms with van der Waals surface area (Å²) in [6.07, 6.45) is 3.05. The van der Waals surface area contributed by atoms with Crippen molar-refractivity contribution in [2.75, 3.05) is 19.0 Å².